The average Bonchev–Trinajstić information content (AvgIpc) is 3.66. The fourth-order valence-corrected chi connectivity index (χ4v) is 12.2. The second kappa shape index (κ2) is 9.71. The number of ketones is 1. The lowest BCUT2D eigenvalue weighted by molar-refractivity contribution is -0.109. The summed E-state index contributed by atoms with van der Waals surface area (Å²) in [6.45, 7) is 9.38. The third-order valence-electron chi connectivity index (χ3n) is 13.5. The quantitative estimate of drug-likeness (QED) is 0.166. The van der Waals surface area contributed by atoms with Crippen LogP contribution in [0.2, 0.25) is 0 Å². The van der Waals surface area contributed by atoms with Crippen LogP contribution in [0.15, 0.2) is 47.1 Å². The van der Waals surface area contributed by atoms with Crippen LogP contribution in [0.5, 0.6) is 0 Å². The molecular formula is C44H46N4O2. The first-order valence-electron chi connectivity index (χ1n) is 19.3. The molecule has 0 bridgehead atoms. The van der Waals surface area contributed by atoms with Crippen molar-refractivity contribution in [2.75, 3.05) is 16.0 Å². The fourth-order valence-electron chi connectivity index (χ4n) is 12.2. The molecule has 50 heavy (non-hydrogen) atoms. The van der Waals surface area contributed by atoms with E-state index >= 15 is 0 Å². The summed E-state index contributed by atoms with van der Waals surface area (Å²) in [5, 5.41) is 30.8. The van der Waals surface area contributed by atoms with Crippen molar-refractivity contribution in [2.45, 2.75) is 103 Å². The Labute approximate surface area is 293 Å². The minimum absolute atomic E-state index is 0.0626. The van der Waals surface area contributed by atoms with Crippen LogP contribution in [0.25, 0.3) is 32.7 Å². The minimum Gasteiger partial charge on any atom is -0.506 e. The number of nitrogens with one attached hydrogen (secondary N) is 3. The van der Waals surface area contributed by atoms with E-state index in [-0.39, 0.29) is 17.2 Å². The van der Waals surface area contributed by atoms with Gasteiger partial charge >= 0.3 is 0 Å². The fraction of sp³-hybridized carbons (Fsp3) is 0.455. The minimum atomic E-state index is -0.404. The van der Waals surface area contributed by atoms with E-state index in [1.807, 2.05) is 0 Å². The summed E-state index contributed by atoms with van der Waals surface area (Å²) in [6.07, 6.45) is 10.3. The number of Topliss-reactive ketones (excluding diaryl/α,β-unsaturated/α-hetero) is 1. The molecule has 6 heteroatoms. The number of aliphatic hydroxyl groups is 1. The summed E-state index contributed by atoms with van der Waals surface area (Å²) in [6, 6.07) is 13.5. The van der Waals surface area contributed by atoms with E-state index in [9.17, 15) is 9.90 Å². The molecule has 4 atom stereocenters. The molecule has 6 nitrogen and oxygen atoms in total. The van der Waals surface area contributed by atoms with Crippen molar-refractivity contribution in [1.82, 2.24) is 0 Å². The Morgan fingerprint density at radius 1 is 0.660 bits per heavy atom. The Morgan fingerprint density at radius 2 is 1.24 bits per heavy atom. The van der Waals surface area contributed by atoms with Gasteiger partial charge in [-0.15, -0.1) is 0 Å². The SMILES string of the molecule is CC1CC(C)CC2(C1)N=c1/c(=C3/C(=O)C(c4cc5c6c(ccc7c6c4NC4(CC(C)CC(C)C4)N7)CC5)=C3O)cc3c4c(ccc(c14)N2)CC3. The molecule has 0 aromatic heterocycles. The highest BCUT2D eigenvalue weighted by Gasteiger charge is 2.46. The Bertz CT molecular complexity index is 2420. The molecule has 0 amide bonds. The molecule has 2 spiro atoms. The molecule has 11 rings (SSSR count). The third-order valence-corrected chi connectivity index (χ3v) is 13.5. The number of hydrogen-bond acceptors (Lipinski definition) is 6. The van der Waals surface area contributed by atoms with E-state index in [2.05, 4.69) is 80.0 Å². The predicted octanol–water partition coefficient (Wildman–Crippen LogP) is 8.08. The molecule has 7 aliphatic rings. The number of rotatable bonds is 1. The van der Waals surface area contributed by atoms with Gasteiger partial charge in [0.15, 0.2) is 0 Å². The van der Waals surface area contributed by atoms with Crippen LogP contribution >= 0.6 is 0 Å². The Morgan fingerprint density at radius 3 is 1.90 bits per heavy atom. The van der Waals surface area contributed by atoms with E-state index < -0.39 is 5.66 Å². The zero-order valence-electron chi connectivity index (χ0n) is 29.6. The van der Waals surface area contributed by atoms with Crippen LogP contribution in [0, 0.1) is 23.7 Å². The van der Waals surface area contributed by atoms with Crippen LogP contribution in [-0.4, -0.2) is 22.2 Å². The summed E-state index contributed by atoms with van der Waals surface area (Å²) in [5.74, 6) is 2.32. The topological polar surface area (TPSA) is 85.8 Å². The molecule has 2 saturated carbocycles. The molecule has 0 saturated heterocycles. The van der Waals surface area contributed by atoms with E-state index in [0.717, 1.165) is 90.0 Å². The molecule has 0 radical (unpaired) electrons. The van der Waals surface area contributed by atoms with Gasteiger partial charge < -0.3 is 21.1 Å². The molecule has 254 valence electrons. The monoisotopic (exact) mass is 662 g/mol. The van der Waals surface area contributed by atoms with Crippen LogP contribution in [-0.2, 0) is 30.5 Å². The zero-order valence-corrected chi connectivity index (χ0v) is 29.6. The first-order valence-corrected chi connectivity index (χ1v) is 19.3. The molecule has 4 N–H and O–H groups in total. The number of hydrogen-bond donors (Lipinski definition) is 4. The largest absolute Gasteiger partial charge is 0.506 e. The molecule has 4 aromatic carbocycles. The van der Waals surface area contributed by atoms with Gasteiger partial charge in [0.1, 0.15) is 17.1 Å². The number of aryl methyl sites for hydroxylation is 4. The number of benzene rings is 4. The van der Waals surface area contributed by atoms with Crippen molar-refractivity contribution >= 4 is 55.5 Å². The Kier molecular flexibility index (Phi) is 5.71. The van der Waals surface area contributed by atoms with Crippen molar-refractivity contribution in [3.8, 4) is 0 Å². The summed E-state index contributed by atoms with van der Waals surface area (Å²) in [4.78, 5) is 20.4. The van der Waals surface area contributed by atoms with Gasteiger partial charge in [-0.2, -0.15) is 0 Å². The number of allylic oxidation sites excluding steroid dienone is 2. The second-order valence-corrected chi connectivity index (χ2v) is 17.7. The molecule has 2 aliphatic heterocycles. The van der Waals surface area contributed by atoms with Crippen LogP contribution < -0.4 is 26.5 Å². The first kappa shape index (κ1) is 29.4. The molecule has 4 unspecified atom stereocenters. The van der Waals surface area contributed by atoms with E-state index in [1.54, 1.807) is 0 Å². The number of carbonyl (C=O) groups is 1. The van der Waals surface area contributed by atoms with Gasteiger partial charge in [-0.1, -0.05) is 39.8 Å². The number of nitrogens with zero attached hydrogens (tertiary/aromatic N) is 1. The molecule has 4 aromatic rings. The summed E-state index contributed by atoms with van der Waals surface area (Å²) in [7, 11) is 0. The Balaban J connectivity index is 1.16. The molecule has 5 aliphatic carbocycles. The zero-order chi connectivity index (χ0) is 33.8. The van der Waals surface area contributed by atoms with Crippen molar-refractivity contribution in [3.63, 3.8) is 0 Å². The number of anilines is 3. The van der Waals surface area contributed by atoms with Crippen molar-refractivity contribution < 1.29 is 9.90 Å². The summed E-state index contributed by atoms with van der Waals surface area (Å²) in [5.41, 5.74) is 9.63. The maximum atomic E-state index is 14.8. The normalized spacial score (nSPS) is 32.7. The first-order chi connectivity index (χ1) is 24.1. The van der Waals surface area contributed by atoms with Gasteiger partial charge in [-0.05, 0) is 145 Å². The van der Waals surface area contributed by atoms with Crippen LogP contribution in [0.3, 0.4) is 0 Å². The van der Waals surface area contributed by atoms with Gasteiger partial charge in [-0.25, -0.2) is 0 Å². The number of aliphatic hydroxyl groups excluding tert-OH is 1. The molecule has 2 fully saturated rings. The smallest absolute Gasteiger partial charge is 0.201 e. The van der Waals surface area contributed by atoms with Crippen LogP contribution in [0.1, 0.15) is 94.0 Å². The van der Waals surface area contributed by atoms with Gasteiger partial charge in [0.05, 0.1) is 22.2 Å². The summed E-state index contributed by atoms with van der Waals surface area (Å²) < 4.78 is 0. The highest BCUT2D eigenvalue weighted by molar-refractivity contribution is 6.52. The lowest BCUT2D eigenvalue weighted by Gasteiger charge is -2.48. The Hall–Kier alpha value is -4.32. The standard InChI is InChI=1S/C44H46N4O2/c1-21-13-22(2)18-43(17-21)45-31-11-9-25-5-7-27-15-29(39(47-43)37(31)33(25)27)35-41(49)36(42(35)50)30-16-28-8-6-26-10-12-32-38(34(26)28)40(30)48-44(46-32)19-23(3)14-24(4)20-44/h9-12,15-16,21-24,45-47,49H,5-8,13-14,17-20H2,1-4H3/b36-30+. The van der Waals surface area contributed by atoms with Gasteiger partial charge in [0, 0.05) is 32.9 Å². The lowest BCUT2D eigenvalue weighted by atomic mass is 9.74. The highest BCUT2D eigenvalue weighted by Crippen LogP contribution is 2.53. The lowest BCUT2D eigenvalue weighted by Crippen LogP contribution is -2.53. The van der Waals surface area contributed by atoms with E-state index in [0.29, 0.717) is 34.8 Å². The molecule has 2 heterocycles. The van der Waals surface area contributed by atoms with Crippen molar-refractivity contribution in [2.24, 2.45) is 28.7 Å². The highest BCUT2D eigenvalue weighted by atomic mass is 16.3. The average molecular weight is 663 g/mol. The van der Waals surface area contributed by atoms with Crippen LogP contribution in [0.4, 0.5) is 17.1 Å². The van der Waals surface area contributed by atoms with Gasteiger partial charge in [-0.3, -0.25) is 9.79 Å². The summed E-state index contributed by atoms with van der Waals surface area (Å²) >= 11 is 0. The van der Waals surface area contributed by atoms with E-state index in [1.165, 1.54) is 51.3 Å². The van der Waals surface area contributed by atoms with Gasteiger partial charge in [0.2, 0.25) is 5.78 Å². The maximum absolute atomic E-state index is 14.8. The predicted molar refractivity (Wildman–Crippen MR) is 202 cm³/mol. The molecular weight excluding hydrogens is 617 g/mol. The second-order valence-electron chi connectivity index (χ2n) is 17.7. The maximum Gasteiger partial charge on any atom is 0.201 e. The van der Waals surface area contributed by atoms with E-state index in [4.69, 9.17) is 4.99 Å². The van der Waals surface area contributed by atoms with Crippen molar-refractivity contribution in [1.29, 1.82) is 0 Å². The third kappa shape index (κ3) is 3.85. The number of carbonyl (C=O) groups excluding carboxylic acids is 1. The van der Waals surface area contributed by atoms with Crippen molar-refractivity contribution in [3.05, 3.63) is 80.6 Å². The van der Waals surface area contributed by atoms with Gasteiger partial charge in [0.25, 0.3) is 0 Å².